The van der Waals surface area contributed by atoms with Gasteiger partial charge in [-0.25, -0.2) is 13.1 Å². The molecule has 0 amide bonds. The predicted octanol–water partition coefficient (Wildman–Crippen LogP) is 2.82. The van der Waals surface area contributed by atoms with Crippen LogP contribution < -0.4 is 14.2 Å². The Morgan fingerprint density at radius 3 is 2.75 bits per heavy atom. The van der Waals surface area contributed by atoms with Gasteiger partial charge in [0.05, 0.1) is 4.91 Å². The van der Waals surface area contributed by atoms with Crippen molar-refractivity contribution in [2.45, 2.75) is 19.4 Å². The zero-order chi connectivity index (χ0) is 16.6. The summed E-state index contributed by atoms with van der Waals surface area (Å²) in [6.45, 7) is 0.425. The highest BCUT2D eigenvalue weighted by Crippen LogP contribution is 2.32. The van der Waals surface area contributed by atoms with Gasteiger partial charge in [0.15, 0.2) is 11.5 Å². The quantitative estimate of drug-likeness (QED) is 0.927. The van der Waals surface area contributed by atoms with E-state index in [0.29, 0.717) is 22.8 Å². The summed E-state index contributed by atoms with van der Waals surface area (Å²) in [7, 11) is -3.50. The van der Waals surface area contributed by atoms with Gasteiger partial charge in [-0.15, -0.1) is 0 Å². The van der Waals surface area contributed by atoms with E-state index in [1.807, 2.05) is 30.3 Å². The van der Waals surface area contributed by atoms with Crippen LogP contribution in [0.4, 0.5) is 0 Å². The lowest BCUT2D eigenvalue weighted by Crippen LogP contribution is -2.25. The van der Waals surface area contributed by atoms with Crippen LogP contribution in [0.5, 0.6) is 11.5 Å². The molecule has 6 heteroatoms. The second-order valence-corrected chi connectivity index (χ2v) is 7.64. The van der Waals surface area contributed by atoms with Crippen LogP contribution in [0, 0.1) is 0 Å². The van der Waals surface area contributed by atoms with E-state index in [4.69, 9.17) is 9.47 Å². The smallest absolute Gasteiger partial charge is 0.237 e. The minimum atomic E-state index is -3.50. The number of benzene rings is 2. The van der Waals surface area contributed by atoms with Crippen molar-refractivity contribution in [3.05, 3.63) is 64.1 Å². The highest BCUT2D eigenvalue weighted by atomic mass is 32.2. The first-order chi connectivity index (χ1) is 11.6. The van der Waals surface area contributed by atoms with E-state index in [2.05, 4.69) is 4.72 Å². The third-order valence-electron chi connectivity index (χ3n) is 4.26. The minimum absolute atomic E-state index is 0.205. The number of nitrogens with one attached hydrogen (secondary N) is 1. The van der Waals surface area contributed by atoms with E-state index in [9.17, 15) is 8.42 Å². The number of rotatable bonds is 4. The number of ether oxygens (including phenoxy) is 2. The molecule has 1 N–H and O–H groups in total. The number of fused-ring (bicyclic) bond motifs is 2. The van der Waals surface area contributed by atoms with Crippen molar-refractivity contribution in [2.75, 3.05) is 6.79 Å². The summed E-state index contributed by atoms with van der Waals surface area (Å²) in [5.41, 5.74) is 3.00. The normalized spacial score (nSPS) is 15.8. The molecule has 1 aliphatic carbocycles. The van der Waals surface area contributed by atoms with Gasteiger partial charge in [-0.1, -0.05) is 30.3 Å². The Kier molecular flexibility index (Phi) is 3.78. The first kappa shape index (κ1) is 15.2. The summed E-state index contributed by atoms with van der Waals surface area (Å²) >= 11 is 0. The maximum atomic E-state index is 12.6. The van der Waals surface area contributed by atoms with Crippen molar-refractivity contribution in [3.8, 4) is 11.5 Å². The van der Waals surface area contributed by atoms with E-state index >= 15 is 0 Å². The fourth-order valence-electron chi connectivity index (χ4n) is 2.94. The van der Waals surface area contributed by atoms with E-state index < -0.39 is 10.0 Å². The van der Waals surface area contributed by atoms with Gasteiger partial charge in [-0.2, -0.15) is 0 Å². The van der Waals surface area contributed by atoms with Gasteiger partial charge < -0.3 is 9.47 Å². The molecule has 4 rings (SSSR count). The summed E-state index contributed by atoms with van der Waals surface area (Å²) in [6, 6.07) is 13.3. The Hall–Kier alpha value is -2.31. The molecule has 2 aromatic carbocycles. The molecular formula is C18H17NO4S. The summed E-state index contributed by atoms with van der Waals surface area (Å²) in [5, 5.41) is 0. The Balaban J connectivity index is 1.51. The second-order valence-electron chi connectivity index (χ2n) is 5.82. The molecule has 0 radical (unpaired) electrons. The van der Waals surface area contributed by atoms with Crippen LogP contribution in [0.15, 0.2) is 47.4 Å². The van der Waals surface area contributed by atoms with Crippen LogP contribution in [0.25, 0.3) is 6.08 Å². The molecule has 0 bridgehead atoms. The standard InChI is InChI=1S/C18H17NO4S/c20-24(21,16-7-6-14-3-1-2-4-15(14)10-16)19-11-13-5-8-17-18(9-13)23-12-22-17/h1-5,8-10,19H,6-7,11-12H2. The molecule has 0 fully saturated rings. The number of hydrogen-bond donors (Lipinski definition) is 1. The highest BCUT2D eigenvalue weighted by Gasteiger charge is 2.22. The van der Waals surface area contributed by atoms with E-state index in [-0.39, 0.29) is 13.3 Å². The predicted molar refractivity (Wildman–Crippen MR) is 91.1 cm³/mol. The van der Waals surface area contributed by atoms with Crippen LogP contribution >= 0.6 is 0 Å². The van der Waals surface area contributed by atoms with E-state index in [0.717, 1.165) is 17.5 Å². The van der Waals surface area contributed by atoms with Crippen molar-refractivity contribution < 1.29 is 17.9 Å². The molecule has 24 heavy (non-hydrogen) atoms. The zero-order valence-corrected chi connectivity index (χ0v) is 13.8. The molecule has 0 atom stereocenters. The van der Waals surface area contributed by atoms with Gasteiger partial charge in [0.1, 0.15) is 0 Å². The molecule has 5 nitrogen and oxygen atoms in total. The maximum absolute atomic E-state index is 12.6. The molecule has 0 aromatic heterocycles. The van der Waals surface area contributed by atoms with Gasteiger partial charge in [0, 0.05) is 6.54 Å². The van der Waals surface area contributed by atoms with E-state index in [1.165, 1.54) is 5.56 Å². The number of hydrogen-bond acceptors (Lipinski definition) is 4. The molecule has 0 saturated heterocycles. The zero-order valence-electron chi connectivity index (χ0n) is 13.0. The second kappa shape index (κ2) is 5.96. The Morgan fingerprint density at radius 2 is 1.83 bits per heavy atom. The van der Waals surface area contributed by atoms with Crippen LogP contribution in [-0.4, -0.2) is 15.2 Å². The minimum Gasteiger partial charge on any atom is -0.454 e. The lowest BCUT2D eigenvalue weighted by atomic mass is 9.98. The van der Waals surface area contributed by atoms with Crippen LogP contribution in [0.2, 0.25) is 0 Å². The third kappa shape index (κ3) is 2.90. The van der Waals surface area contributed by atoms with Crippen molar-refractivity contribution in [3.63, 3.8) is 0 Å². The summed E-state index contributed by atoms with van der Waals surface area (Å²) in [5.74, 6) is 1.34. The van der Waals surface area contributed by atoms with E-state index in [1.54, 1.807) is 18.2 Å². The Morgan fingerprint density at radius 1 is 1.00 bits per heavy atom. The van der Waals surface area contributed by atoms with Crippen LogP contribution in [0.1, 0.15) is 23.1 Å². The van der Waals surface area contributed by atoms with Gasteiger partial charge in [0.25, 0.3) is 0 Å². The molecule has 1 heterocycles. The number of aryl methyl sites for hydroxylation is 1. The lowest BCUT2D eigenvalue weighted by Gasteiger charge is -2.17. The first-order valence-electron chi connectivity index (χ1n) is 7.78. The van der Waals surface area contributed by atoms with Crippen molar-refractivity contribution in [2.24, 2.45) is 0 Å². The summed E-state index contributed by atoms with van der Waals surface area (Å²) < 4.78 is 38.4. The molecule has 1 aliphatic heterocycles. The van der Waals surface area contributed by atoms with Gasteiger partial charge >= 0.3 is 0 Å². The number of sulfonamides is 1. The van der Waals surface area contributed by atoms with Crippen LogP contribution in [0.3, 0.4) is 0 Å². The monoisotopic (exact) mass is 343 g/mol. The molecule has 0 saturated carbocycles. The molecule has 2 aromatic rings. The van der Waals surface area contributed by atoms with Gasteiger partial charge in [-0.05, 0) is 47.7 Å². The average molecular weight is 343 g/mol. The van der Waals surface area contributed by atoms with Gasteiger partial charge in [0.2, 0.25) is 16.8 Å². The van der Waals surface area contributed by atoms with Crippen molar-refractivity contribution in [1.82, 2.24) is 4.72 Å². The third-order valence-corrected chi connectivity index (χ3v) is 5.80. The highest BCUT2D eigenvalue weighted by molar-refractivity contribution is 7.93. The molecule has 2 aliphatic rings. The SMILES string of the molecule is O=S(=O)(NCc1ccc2c(c1)OCO2)C1=Cc2ccccc2CC1. The lowest BCUT2D eigenvalue weighted by molar-refractivity contribution is 0.174. The molecule has 0 spiro atoms. The summed E-state index contributed by atoms with van der Waals surface area (Å²) in [6.07, 6.45) is 3.03. The first-order valence-corrected chi connectivity index (χ1v) is 9.27. The topological polar surface area (TPSA) is 64.6 Å². The largest absolute Gasteiger partial charge is 0.454 e. The fourth-order valence-corrected chi connectivity index (χ4v) is 4.14. The maximum Gasteiger partial charge on any atom is 0.237 e. The average Bonchev–Trinajstić information content (AvgIpc) is 3.07. The Labute approximate surface area is 141 Å². The Bertz CT molecular complexity index is 918. The molecule has 0 unspecified atom stereocenters. The number of allylic oxidation sites excluding steroid dienone is 1. The van der Waals surface area contributed by atoms with Crippen LogP contribution in [-0.2, 0) is 23.0 Å². The van der Waals surface area contributed by atoms with Crippen molar-refractivity contribution in [1.29, 1.82) is 0 Å². The van der Waals surface area contributed by atoms with Crippen molar-refractivity contribution >= 4 is 16.1 Å². The summed E-state index contributed by atoms with van der Waals surface area (Å²) in [4.78, 5) is 0.432. The molecule has 124 valence electrons. The molecular weight excluding hydrogens is 326 g/mol. The fraction of sp³-hybridized carbons (Fsp3) is 0.222. The van der Waals surface area contributed by atoms with Gasteiger partial charge in [-0.3, -0.25) is 0 Å².